The van der Waals surface area contributed by atoms with E-state index in [9.17, 15) is 22.4 Å². The molecule has 0 saturated carbocycles. The normalized spacial score (nSPS) is 15.0. The summed E-state index contributed by atoms with van der Waals surface area (Å²) in [7, 11) is 0. The van der Waals surface area contributed by atoms with E-state index in [1.54, 1.807) is 17.5 Å². The Hall–Kier alpha value is -1.80. The molecule has 0 aliphatic carbocycles. The number of carbonyl (C=O) groups is 1. The predicted molar refractivity (Wildman–Crippen MR) is 83.7 cm³/mol. The molecule has 1 aliphatic rings. The second kappa shape index (κ2) is 6.60. The van der Waals surface area contributed by atoms with Gasteiger partial charge in [0.25, 0.3) is 5.91 Å². The number of anilines is 1. The Labute approximate surface area is 144 Å². The number of thiophene rings is 1. The molecular weight excluding hydrogens is 368 g/mol. The molecular formula is C15H11ClF4N2OS. The monoisotopic (exact) mass is 378 g/mol. The van der Waals surface area contributed by atoms with Gasteiger partial charge in [-0.05, 0) is 11.4 Å². The van der Waals surface area contributed by atoms with Gasteiger partial charge in [0.05, 0.1) is 4.88 Å². The summed E-state index contributed by atoms with van der Waals surface area (Å²) < 4.78 is 55.1. The molecule has 2 aromatic rings. The minimum absolute atomic E-state index is 0.0471. The largest absolute Gasteiger partial charge is 0.363 e. The van der Waals surface area contributed by atoms with Gasteiger partial charge in [0.15, 0.2) is 23.3 Å². The molecule has 3 rings (SSSR count). The van der Waals surface area contributed by atoms with Crippen molar-refractivity contribution in [3.8, 4) is 0 Å². The molecule has 128 valence electrons. The van der Waals surface area contributed by atoms with Gasteiger partial charge in [0, 0.05) is 26.2 Å². The van der Waals surface area contributed by atoms with E-state index in [0.29, 0.717) is 4.88 Å². The lowest BCUT2D eigenvalue weighted by Crippen LogP contribution is -2.49. The van der Waals surface area contributed by atoms with Gasteiger partial charge in [-0.3, -0.25) is 4.79 Å². The molecule has 3 nitrogen and oxygen atoms in total. The average molecular weight is 379 g/mol. The molecule has 1 aromatic heterocycles. The van der Waals surface area contributed by atoms with Crippen molar-refractivity contribution in [1.29, 1.82) is 0 Å². The molecule has 0 radical (unpaired) electrons. The van der Waals surface area contributed by atoms with Crippen molar-refractivity contribution in [2.24, 2.45) is 0 Å². The maximum absolute atomic E-state index is 14.0. The maximum atomic E-state index is 14.0. The van der Waals surface area contributed by atoms with Crippen molar-refractivity contribution < 1.29 is 22.4 Å². The Morgan fingerprint density at radius 1 is 1.00 bits per heavy atom. The van der Waals surface area contributed by atoms with E-state index >= 15 is 0 Å². The van der Waals surface area contributed by atoms with Crippen LogP contribution in [0.1, 0.15) is 9.67 Å². The van der Waals surface area contributed by atoms with E-state index in [2.05, 4.69) is 0 Å². The minimum Gasteiger partial charge on any atom is -0.363 e. The lowest BCUT2D eigenvalue weighted by Gasteiger charge is -2.36. The van der Waals surface area contributed by atoms with Crippen molar-refractivity contribution >= 4 is 34.5 Å². The molecule has 0 N–H and O–H groups in total. The standard InChI is InChI=1S/C15H11ClF4N2OS/c16-9-10(17)12(19)14(13(20)11(9)18)21-3-5-22(6-4-21)15(23)8-2-1-7-24-8/h1-2,7H,3-6H2. The highest BCUT2D eigenvalue weighted by atomic mass is 35.5. The van der Waals surface area contributed by atoms with Crippen LogP contribution in [0.3, 0.4) is 0 Å². The van der Waals surface area contributed by atoms with Gasteiger partial charge in [-0.15, -0.1) is 11.3 Å². The van der Waals surface area contributed by atoms with Crippen LogP contribution in [0.2, 0.25) is 5.02 Å². The first kappa shape index (κ1) is 17.0. The fraction of sp³-hybridized carbons (Fsp3) is 0.267. The van der Waals surface area contributed by atoms with E-state index in [1.165, 1.54) is 21.1 Å². The third-order valence-corrected chi connectivity index (χ3v) is 4.99. The van der Waals surface area contributed by atoms with Crippen molar-refractivity contribution in [2.75, 3.05) is 31.1 Å². The van der Waals surface area contributed by atoms with Gasteiger partial charge in [0.1, 0.15) is 10.7 Å². The number of hydrogen-bond donors (Lipinski definition) is 0. The smallest absolute Gasteiger partial charge is 0.264 e. The zero-order chi connectivity index (χ0) is 17.4. The molecule has 2 heterocycles. The molecule has 9 heteroatoms. The third-order valence-electron chi connectivity index (χ3n) is 3.80. The summed E-state index contributed by atoms with van der Waals surface area (Å²) >= 11 is 6.51. The highest BCUT2D eigenvalue weighted by Crippen LogP contribution is 2.34. The highest BCUT2D eigenvalue weighted by Gasteiger charge is 2.31. The number of rotatable bonds is 2. The van der Waals surface area contributed by atoms with Gasteiger partial charge in [-0.2, -0.15) is 0 Å². The van der Waals surface area contributed by atoms with Crippen LogP contribution in [0.5, 0.6) is 0 Å². The first-order chi connectivity index (χ1) is 11.4. The van der Waals surface area contributed by atoms with Gasteiger partial charge in [-0.1, -0.05) is 17.7 Å². The van der Waals surface area contributed by atoms with Crippen LogP contribution in [0.4, 0.5) is 23.2 Å². The number of halogens is 5. The Morgan fingerprint density at radius 3 is 2.08 bits per heavy atom. The molecule has 1 aliphatic heterocycles. The molecule has 1 saturated heterocycles. The summed E-state index contributed by atoms with van der Waals surface area (Å²) in [5, 5.41) is 0.563. The quantitative estimate of drug-likeness (QED) is 0.449. The number of amides is 1. The highest BCUT2D eigenvalue weighted by molar-refractivity contribution is 7.12. The summed E-state index contributed by atoms with van der Waals surface area (Å²) in [6.45, 7) is 0.458. The van der Waals surface area contributed by atoms with Crippen LogP contribution in [0.15, 0.2) is 17.5 Å². The summed E-state index contributed by atoms with van der Waals surface area (Å²) in [5.74, 6) is -6.49. The van der Waals surface area contributed by atoms with Crippen LogP contribution in [0, 0.1) is 23.3 Å². The Morgan fingerprint density at radius 2 is 1.58 bits per heavy atom. The lowest BCUT2D eigenvalue weighted by molar-refractivity contribution is 0.0751. The van der Waals surface area contributed by atoms with Crippen LogP contribution in [-0.2, 0) is 0 Å². The predicted octanol–water partition coefficient (Wildman–Crippen LogP) is 3.92. The Bertz CT molecular complexity index is 747. The topological polar surface area (TPSA) is 23.6 Å². The van der Waals surface area contributed by atoms with Crippen molar-refractivity contribution in [2.45, 2.75) is 0 Å². The number of carbonyl (C=O) groups excluding carboxylic acids is 1. The molecule has 1 amide bonds. The second-order valence-electron chi connectivity index (χ2n) is 5.18. The Balaban J connectivity index is 1.79. The number of hydrogen-bond acceptors (Lipinski definition) is 3. The second-order valence-corrected chi connectivity index (χ2v) is 6.50. The first-order valence-corrected chi connectivity index (χ1v) is 8.26. The van der Waals surface area contributed by atoms with Crippen molar-refractivity contribution in [3.05, 3.63) is 50.7 Å². The van der Waals surface area contributed by atoms with Gasteiger partial charge >= 0.3 is 0 Å². The minimum atomic E-state index is -1.62. The van der Waals surface area contributed by atoms with E-state index in [0.717, 1.165) is 0 Å². The Kier molecular flexibility index (Phi) is 4.69. The van der Waals surface area contributed by atoms with E-state index in [-0.39, 0.29) is 32.1 Å². The van der Waals surface area contributed by atoms with Crippen LogP contribution < -0.4 is 4.90 Å². The van der Waals surface area contributed by atoms with E-state index < -0.39 is 34.0 Å². The maximum Gasteiger partial charge on any atom is 0.264 e. The fourth-order valence-electron chi connectivity index (χ4n) is 2.56. The summed E-state index contributed by atoms with van der Waals surface area (Å²) in [6, 6.07) is 3.43. The van der Waals surface area contributed by atoms with E-state index in [4.69, 9.17) is 11.6 Å². The van der Waals surface area contributed by atoms with Crippen LogP contribution >= 0.6 is 22.9 Å². The van der Waals surface area contributed by atoms with Crippen molar-refractivity contribution in [3.63, 3.8) is 0 Å². The zero-order valence-electron chi connectivity index (χ0n) is 12.2. The van der Waals surface area contributed by atoms with Gasteiger partial charge in [0.2, 0.25) is 0 Å². The molecule has 1 aromatic carbocycles. The number of nitrogens with zero attached hydrogens (tertiary/aromatic N) is 2. The number of benzene rings is 1. The zero-order valence-corrected chi connectivity index (χ0v) is 13.7. The van der Waals surface area contributed by atoms with Gasteiger partial charge in [-0.25, -0.2) is 17.6 Å². The fourth-order valence-corrected chi connectivity index (χ4v) is 3.42. The van der Waals surface area contributed by atoms with Gasteiger partial charge < -0.3 is 9.80 Å². The molecule has 0 unspecified atom stereocenters. The average Bonchev–Trinajstić information content (AvgIpc) is 3.13. The summed E-state index contributed by atoms with van der Waals surface area (Å²) in [4.78, 5) is 15.5. The van der Waals surface area contributed by atoms with Crippen molar-refractivity contribution in [1.82, 2.24) is 4.90 Å². The summed E-state index contributed by atoms with van der Waals surface area (Å²) in [5.41, 5.74) is -0.794. The number of piperazine rings is 1. The molecule has 0 bridgehead atoms. The molecule has 0 spiro atoms. The van der Waals surface area contributed by atoms with Crippen LogP contribution in [0.25, 0.3) is 0 Å². The summed E-state index contributed by atoms with van der Waals surface area (Å²) in [6.07, 6.45) is 0. The molecule has 24 heavy (non-hydrogen) atoms. The van der Waals surface area contributed by atoms with Crippen LogP contribution in [-0.4, -0.2) is 37.0 Å². The van der Waals surface area contributed by atoms with E-state index in [1.807, 2.05) is 0 Å². The third kappa shape index (κ3) is 2.84. The molecule has 1 fully saturated rings. The SMILES string of the molecule is O=C(c1cccs1)N1CCN(c2c(F)c(F)c(Cl)c(F)c2F)CC1. The first-order valence-electron chi connectivity index (χ1n) is 7.01. The lowest BCUT2D eigenvalue weighted by atomic mass is 10.2. The molecule has 0 atom stereocenters.